The van der Waals surface area contributed by atoms with Gasteiger partial charge in [0.25, 0.3) is 5.91 Å². The number of nitrogens with one attached hydrogen (secondary N) is 2. The fourth-order valence-corrected chi connectivity index (χ4v) is 2.54. The van der Waals surface area contributed by atoms with Crippen molar-refractivity contribution in [1.29, 1.82) is 0 Å². The average Bonchev–Trinajstić information content (AvgIpc) is 2.48. The zero-order valence-corrected chi connectivity index (χ0v) is 11.5. The number of hydrogen-bond acceptors (Lipinski definition) is 4. The second-order valence-electron chi connectivity index (χ2n) is 5.10. The van der Waals surface area contributed by atoms with Crippen LogP contribution in [-0.4, -0.2) is 29.7 Å². The third-order valence-electron chi connectivity index (χ3n) is 3.72. The van der Waals surface area contributed by atoms with E-state index in [0.29, 0.717) is 11.5 Å². The van der Waals surface area contributed by atoms with Crippen molar-refractivity contribution >= 4 is 11.7 Å². The third-order valence-corrected chi connectivity index (χ3v) is 3.72. The minimum atomic E-state index is -0.133. The molecule has 19 heavy (non-hydrogen) atoms. The van der Waals surface area contributed by atoms with E-state index in [4.69, 9.17) is 0 Å². The Morgan fingerprint density at radius 2 is 2.05 bits per heavy atom. The Morgan fingerprint density at radius 1 is 1.26 bits per heavy atom. The summed E-state index contributed by atoms with van der Waals surface area (Å²) in [6.07, 6.45) is 7.76. The Hall–Kier alpha value is -1.65. The number of rotatable bonds is 5. The molecule has 1 saturated carbocycles. The predicted molar refractivity (Wildman–Crippen MR) is 75.1 cm³/mol. The maximum Gasteiger partial charge on any atom is 0.271 e. The molecule has 1 aliphatic rings. The largest absolute Gasteiger partial charge is 0.372 e. The Morgan fingerprint density at radius 3 is 2.68 bits per heavy atom. The van der Waals surface area contributed by atoms with Gasteiger partial charge in [0.05, 0.1) is 0 Å². The summed E-state index contributed by atoms with van der Waals surface area (Å²) in [6, 6.07) is 3.44. The van der Waals surface area contributed by atoms with Crippen molar-refractivity contribution in [2.75, 3.05) is 18.9 Å². The van der Waals surface area contributed by atoms with Crippen LogP contribution >= 0.6 is 0 Å². The smallest absolute Gasteiger partial charge is 0.271 e. The molecule has 0 unspecified atom stereocenters. The molecule has 0 aliphatic heterocycles. The highest BCUT2D eigenvalue weighted by atomic mass is 16.1. The number of hydrogen-bond donors (Lipinski definition) is 2. The van der Waals surface area contributed by atoms with E-state index in [0.717, 1.165) is 18.9 Å². The van der Waals surface area contributed by atoms with Crippen LogP contribution in [0, 0.1) is 5.92 Å². The van der Waals surface area contributed by atoms with E-state index in [1.165, 1.54) is 32.1 Å². The molecule has 1 aromatic heterocycles. The molecule has 2 rings (SSSR count). The molecule has 0 aromatic carbocycles. The Bertz CT molecular complexity index is 398. The molecule has 1 aliphatic carbocycles. The molecule has 1 heterocycles. The summed E-state index contributed by atoms with van der Waals surface area (Å²) >= 11 is 0. The van der Waals surface area contributed by atoms with Crippen molar-refractivity contribution in [3.8, 4) is 0 Å². The van der Waals surface area contributed by atoms with Gasteiger partial charge in [-0.3, -0.25) is 4.79 Å². The van der Waals surface area contributed by atoms with Crippen molar-refractivity contribution in [2.24, 2.45) is 5.92 Å². The van der Waals surface area contributed by atoms with Crippen LogP contribution in [0.5, 0.6) is 0 Å². The molecule has 1 amide bonds. The molecule has 2 N–H and O–H groups in total. The summed E-state index contributed by atoms with van der Waals surface area (Å²) in [5.74, 6) is 1.32. The lowest BCUT2D eigenvalue weighted by atomic mass is 9.87. The number of carbonyl (C=O) groups excluding carboxylic acids is 1. The predicted octanol–water partition coefficient (Wildman–Crippen LogP) is 2.22. The first-order valence-corrected chi connectivity index (χ1v) is 7.09. The van der Waals surface area contributed by atoms with Crippen molar-refractivity contribution in [3.63, 3.8) is 0 Å². The minimum absolute atomic E-state index is 0.133. The fourth-order valence-electron chi connectivity index (χ4n) is 2.54. The van der Waals surface area contributed by atoms with Gasteiger partial charge in [0.15, 0.2) is 5.69 Å². The average molecular weight is 262 g/mol. The molecule has 0 spiro atoms. The number of anilines is 1. The topological polar surface area (TPSA) is 66.9 Å². The number of carbonyl (C=O) groups is 1. The fraction of sp³-hybridized carbons (Fsp3) is 0.643. The van der Waals surface area contributed by atoms with Crippen molar-refractivity contribution in [3.05, 3.63) is 17.8 Å². The van der Waals surface area contributed by atoms with E-state index < -0.39 is 0 Å². The van der Waals surface area contributed by atoms with E-state index >= 15 is 0 Å². The van der Waals surface area contributed by atoms with Crippen LogP contribution in [0.4, 0.5) is 5.82 Å². The van der Waals surface area contributed by atoms with Crippen LogP contribution in [0.15, 0.2) is 12.1 Å². The first-order valence-electron chi connectivity index (χ1n) is 7.09. The van der Waals surface area contributed by atoms with Crippen molar-refractivity contribution in [2.45, 2.75) is 38.5 Å². The lowest BCUT2D eigenvalue weighted by Gasteiger charge is -2.21. The molecule has 5 heteroatoms. The maximum atomic E-state index is 11.9. The van der Waals surface area contributed by atoms with Crippen LogP contribution in [0.3, 0.4) is 0 Å². The summed E-state index contributed by atoms with van der Waals surface area (Å²) in [6.45, 7) is 0.735. The summed E-state index contributed by atoms with van der Waals surface area (Å²) in [5.41, 5.74) is 0.377. The van der Waals surface area contributed by atoms with Crippen LogP contribution < -0.4 is 10.6 Å². The van der Waals surface area contributed by atoms with E-state index in [-0.39, 0.29) is 5.91 Å². The van der Waals surface area contributed by atoms with E-state index in [2.05, 4.69) is 20.8 Å². The van der Waals surface area contributed by atoms with Gasteiger partial charge >= 0.3 is 0 Å². The molecule has 0 saturated heterocycles. The summed E-state index contributed by atoms with van der Waals surface area (Å²) in [4.78, 5) is 11.9. The van der Waals surface area contributed by atoms with Crippen LogP contribution in [0.25, 0.3) is 0 Å². The highest BCUT2D eigenvalue weighted by Crippen LogP contribution is 2.25. The van der Waals surface area contributed by atoms with Gasteiger partial charge in [-0.15, -0.1) is 10.2 Å². The molecule has 104 valence electrons. The molecular weight excluding hydrogens is 240 g/mol. The lowest BCUT2D eigenvalue weighted by Crippen LogP contribution is -2.27. The standard InChI is InChI=1S/C14H22N4O/c1-15-13-8-7-12(17-18-13)14(19)16-10-9-11-5-3-2-4-6-11/h7-8,11H,2-6,9-10H2,1H3,(H,15,18)(H,16,19). The summed E-state index contributed by atoms with van der Waals surface area (Å²) < 4.78 is 0. The minimum Gasteiger partial charge on any atom is -0.372 e. The second-order valence-corrected chi connectivity index (χ2v) is 5.10. The van der Waals surface area contributed by atoms with Crippen LogP contribution in [-0.2, 0) is 0 Å². The Kier molecular flexibility index (Phi) is 5.12. The Labute approximate surface area is 114 Å². The quantitative estimate of drug-likeness (QED) is 0.854. The first-order chi connectivity index (χ1) is 9.29. The van der Waals surface area contributed by atoms with Crippen LogP contribution in [0.2, 0.25) is 0 Å². The second kappa shape index (κ2) is 7.07. The Balaban J connectivity index is 1.73. The normalized spacial score (nSPS) is 16.1. The van der Waals surface area contributed by atoms with Gasteiger partial charge in [-0.2, -0.15) is 0 Å². The van der Waals surface area contributed by atoms with Gasteiger partial charge in [0, 0.05) is 13.6 Å². The third kappa shape index (κ3) is 4.19. The zero-order valence-electron chi connectivity index (χ0n) is 11.5. The molecule has 0 bridgehead atoms. The molecule has 5 nitrogen and oxygen atoms in total. The molecule has 1 aromatic rings. The molecular formula is C14H22N4O. The maximum absolute atomic E-state index is 11.9. The van der Waals surface area contributed by atoms with Gasteiger partial charge < -0.3 is 10.6 Å². The molecule has 1 fully saturated rings. The van der Waals surface area contributed by atoms with E-state index in [1.807, 2.05) is 0 Å². The summed E-state index contributed by atoms with van der Waals surface area (Å²) in [7, 11) is 1.77. The highest BCUT2D eigenvalue weighted by Gasteiger charge is 2.14. The number of nitrogens with zero attached hydrogens (tertiary/aromatic N) is 2. The van der Waals surface area contributed by atoms with Crippen molar-refractivity contribution in [1.82, 2.24) is 15.5 Å². The van der Waals surface area contributed by atoms with E-state index in [9.17, 15) is 4.79 Å². The number of aromatic nitrogens is 2. The first kappa shape index (κ1) is 13.8. The SMILES string of the molecule is CNc1ccc(C(=O)NCCC2CCCCC2)nn1. The van der Waals surface area contributed by atoms with Crippen LogP contribution in [0.1, 0.15) is 49.0 Å². The van der Waals surface area contributed by atoms with Gasteiger partial charge in [0.1, 0.15) is 5.82 Å². The summed E-state index contributed by atoms with van der Waals surface area (Å²) in [5, 5.41) is 13.6. The van der Waals surface area contributed by atoms with Crippen molar-refractivity contribution < 1.29 is 4.79 Å². The lowest BCUT2D eigenvalue weighted by molar-refractivity contribution is 0.0944. The van der Waals surface area contributed by atoms with Gasteiger partial charge in [-0.25, -0.2) is 0 Å². The van der Waals surface area contributed by atoms with Gasteiger partial charge in [-0.05, 0) is 24.5 Å². The molecule has 0 atom stereocenters. The van der Waals surface area contributed by atoms with E-state index in [1.54, 1.807) is 19.2 Å². The van der Waals surface area contributed by atoms with Gasteiger partial charge in [-0.1, -0.05) is 32.1 Å². The highest BCUT2D eigenvalue weighted by molar-refractivity contribution is 5.92. The number of amides is 1. The van der Waals surface area contributed by atoms with Gasteiger partial charge in [0.2, 0.25) is 0 Å². The molecule has 0 radical (unpaired) electrons. The monoisotopic (exact) mass is 262 g/mol. The zero-order chi connectivity index (χ0) is 13.5.